The number of carbonyl (C=O) groups excluding carboxylic acids is 1. The zero-order valence-corrected chi connectivity index (χ0v) is 10.9. The zero-order chi connectivity index (χ0) is 12.1. The molecule has 0 bridgehead atoms. The molecule has 1 fully saturated rings. The minimum absolute atomic E-state index is 0.191. The number of thiocarbonyl (C=S) groups is 1. The summed E-state index contributed by atoms with van der Waals surface area (Å²) in [4.78, 5) is 16.0. The fourth-order valence-corrected chi connectivity index (χ4v) is 2.15. The van der Waals surface area contributed by atoms with Gasteiger partial charge >= 0.3 is 0 Å². The molecule has 1 saturated heterocycles. The van der Waals surface area contributed by atoms with Crippen molar-refractivity contribution in [3.63, 3.8) is 0 Å². The Kier molecular flexibility index (Phi) is 5.15. The second-order valence-corrected chi connectivity index (χ2v) is 5.03. The molecule has 16 heavy (non-hydrogen) atoms. The number of nitrogens with two attached hydrogens (primary N) is 1. The van der Waals surface area contributed by atoms with Crippen LogP contribution >= 0.6 is 12.2 Å². The Morgan fingerprint density at radius 2 is 2.00 bits per heavy atom. The summed E-state index contributed by atoms with van der Waals surface area (Å²) in [6, 6.07) is 0. The second-order valence-electron chi connectivity index (χ2n) is 4.56. The summed E-state index contributed by atoms with van der Waals surface area (Å²) < 4.78 is 0. The first-order valence-electron chi connectivity index (χ1n) is 5.72. The van der Waals surface area contributed by atoms with E-state index in [4.69, 9.17) is 18.0 Å². The molecule has 1 amide bonds. The van der Waals surface area contributed by atoms with Crippen LogP contribution < -0.4 is 5.73 Å². The van der Waals surface area contributed by atoms with Crippen LogP contribution in [-0.2, 0) is 4.79 Å². The molecule has 0 atom stereocenters. The van der Waals surface area contributed by atoms with Gasteiger partial charge in [-0.2, -0.15) is 0 Å². The van der Waals surface area contributed by atoms with Gasteiger partial charge in [-0.3, -0.25) is 4.79 Å². The van der Waals surface area contributed by atoms with Gasteiger partial charge in [-0.25, -0.2) is 0 Å². The van der Waals surface area contributed by atoms with E-state index < -0.39 is 0 Å². The lowest BCUT2D eigenvalue weighted by Gasteiger charge is -2.31. The quantitative estimate of drug-likeness (QED) is 0.729. The van der Waals surface area contributed by atoms with Gasteiger partial charge in [-0.05, 0) is 25.9 Å². The summed E-state index contributed by atoms with van der Waals surface area (Å²) in [6.45, 7) is 2.85. The van der Waals surface area contributed by atoms with Crippen LogP contribution in [-0.4, -0.2) is 54.4 Å². The van der Waals surface area contributed by atoms with Crippen LogP contribution in [0.1, 0.15) is 19.3 Å². The molecule has 0 unspecified atom stereocenters. The van der Waals surface area contributed by atoms with Crippen molar-refractivity contribution in [3.05, 3.63) is 0 Å². The molecule has 0 radical (unpaired) electrons. The smallest absolute Gasteiger partial charge is 0.223 e. The molecule has 1 heterocycles. The zero-order valence-electron chi connectivity index (χ0n) is 10.1. The number of piperidine rings is 1. The van der Waals surface area contributed by atoms with Gasteiger partial charge in [0.15, 0.2) is 0 Å². The molecule has 92 valence electrons. The number of carbonyl (C=O) groups is 1. The minimum Gasteiger partial charge on any atom is -0.393 e. The van der Waals surface area contributed by atoms with E-state index in [2.05, 4.69) is 4.90 Å². The van der Waals surface area contributed by atoms with Crippen LogP contribution in [0.5, 0.6) is 0 Å². The lowest BCUT2D eigenvalue weighted by molar-refractivity contribution is -0.129. The Bertz CT molecular complexity index is 260. The Hall–Kier alpha value is -0.680. The maximum absolute atomic E-state index is 11.4. The van der Waals surface area contributed by atoms with Gasteiger partial charge in [0.2, 0.25) is 5.91 Å². The predicted molar refractivity (Wildman–Crippen MR) is 69.3 cm³/mol. The number of hydrogen-bond acceptors (Lipinski definition) is 3. The van der Waals surface area contributed by atoms with E-state index in [1.165, 1.54) is 0 Å². The third-order valence-corrected chi connectivity index (χ3v) is 3.46. The summed E-state index contributed by atoms with van der Waals surface area (Å²) in [6.07, 6.45) is 2.67. The van der Waals surface area contributed by atoms with Gasteiger partial charge < -0.3 is 15.5 Å². The van der Waals surface area contributed by atoms with E-state index >= 15 is 0 Å². The SMILES string of the molecule is CN(C)C(=O)CCN1CCC(C(N)=S)CC1. The Labute approximate surface area is 103 Å². The standard InChI is InChI=1S/C11H21N3OS/c1-13(2)10(15)5-8-14-6-3-9(4-7-14)11(12)16/h9H,3-8H2,1-2H3,(H2,12,16). The molecule has 0 saturated carbocycles. The molecular formula is C11H21N3OS. The fraction of sp³-hybridized carbons (Fsp3) is 0.818. The van der Waals surface area contributed by atoms with Crippen molar-refractivity contribution >= 4 is 23.1 Å². The van der Waals surface area contributed by atoms with Crippen molar-refractivity contribution in [3.8, 4) is 0 Å². The first-order valence-corrected chi connectivity index (χ1v) is 6.13. The molecular weight excluding hydrogens is 222 g/mol. The molecule has 2 N–H and O–H groups in total. The van der Waals surface area contributed by atoms with Crippen LogP contribution in [0, 0.1) is 5.92 Å². The maximum Gasteiger partial charge on any atom is 0.223 e. The number of likely N-dealkylation sites (tertiary alicyclic amines) is 1. The summed E-state index contributed by atoms with van der Waals surface area (Å²) >= 11 is 4.99. The number of hydrogen-bond donors (Lipinski definition) is 1. The molecule has 1 aliphatic heterocycles. The third-order valence-electron chi connectivity index (χ3n) is 3.13. The highest BCUT2D eigenvalue weighted by Crippen LogP contribution is 2.17. The van der Waals surface area contributed by atoms with Crippen LogP contribution in [0.3, 0.4) is 0 Å². The second kappa shape index (κ2) is 6.15. The van der Waals surface area contributed by atoms with Crippen molar-refractivity contribution in [2.45, 2.75) is 19.3 Å². The molecule has 0 aromatic heterocycles. The van der Waals surface area contributed by atoms with Crippen LogP contribution in [0.25, 0.3) is 0 Å². The fourth-order valence-electron chi connectivity index (χ4n) is 1.92. The van der Waals surface area contributed by atoms with E-state index in [9.17, 15) is 4.79 Å². The molecule has 0 aromatic rings. The molecule has 0 spiro atoms. The summed E-state index contributed by atoms with van der Waals surface area (Å²) in [5.41, 5.74) is 5.63. The van der Waals surface area contributed by atoms with E-state index in [0.717, 1.165) is 32.5 Å². The molecule has 4 nitrogen and oxygen atoms in total. The van der Waals surface area contributed by atoms with Crippen LogP contribution in [0.15, 0.2) is 0 Å². The van der Waals surface area contributed by atoms with E-state index in [1.54, 1.807) is 19.0 Å². The van der Waals surface area contributed by atoms with Crippen LogP contribution in [0.4, 0.5) is 0 Å². The maximum atomic E-state index is 11.4. The van der Waals surface area contributed by atoms with E-state index in [-0.39, 0.29) is 5.91 Å². The molecule has 1 aliphatic rings. The lowest BCUT2D eigenvalue weighted by atomic mass is 9.97. The monoisotopic (exact) mass is 243 g/mol. The van der Waals surface area contributed by atoms with Gasteiger partial charge in [-0.1, -0.05) is 12.2 Å². The van der Waals surface area contributed by atoms with Crippen molar-refractivity contribution in [2.75, 3.05) is 33.7 Å². The van der Waals surface area contributed by atoms with Crippen molar-refractivity contribution in [1.82, 2.24) is 9.80 Å². The highest BCUT2D eigenvalue weighted by molar-refractivity contribution is 7.80. The minimum atomic E-state index is 0.191. The van der Waals surface area contributed by atoms with Gasteiger partial charge in [0, 0.05) is 33.0 Å². The van der Waals surface area contributed by atoms with E-state index in [1.807, 2.05) is 0 Å². The van der Waals surface area contributed by atoms with Crippen molar-refractivity contribution in [1.29, 1.82) is 0 Å². The highest BCUT2D eigenvalue weighted by Gasteiger charge is 2.21. The number of nitrogens with zero attached hydrogens (tertiary/aromatic N) is 2. The normalized spacial score (nSPS) is 18.4. The van der Waals surface area contributed by atoms with Crippen LogP contribution in [0.2, 0.25) is 0 Å². The summed E-state index contributed by atoms with van der Waals surface area (Å²) in [5, 5.41) is 0. The van der Waals surface area contributed by atoms with Crippen molar-refractivity contribution in [2.24, 2.45) is 11.7 Å². The number of amides is 1. The molecule has 0 aliphatic carbocycles. The first kappa shape index (κ1) is 13.4. The van der Waals surface area contributed by atoms with Gasteiger partial charge in [0.25, 0.3) is 0 Å². The predicted octanol–water partition coefficient (Wildman–Crippen LogP) is 0.463. The molecule has 1 rings (SSSR count). The Balaban J connectivity index is 2.22. The first-order chi connectivity index (χ1) is 7.50. The topological polar surface area (TPSA) is 49.6 Å². The average Bonchev–Trinajstić information content (AvgIpc) is 2.26. The number of rotatable bonds is 4. The molecule has 0 aromatic carbocycles. The highest BCUT2D eigenvalue weighted by atomic mass is 32.1. The largest absolute Gasteiger partial charge is 0.393 e. The van der Waals surface area contributed by atoms with Gasteiger partial charge in [0.1, 0.15) is 0 Å². The summed E-state index contributed by atoms with van der Waals surface area (Å²) in [7, 11) is 3.59. The Morgan fingerprint density at radius 3 is 2.44 bits per heavy atom. The van der Waals surface area contributed by atoms with Gasteiger partial charge in [0.05, 0.1) is 4.99 Å². The van der Waals surface area contributed by atoms with Crippen molar-refractivity contribution < 1.29 is 4.79 Å². The average molecular weight is 243 g/mol. The third kappa shape index (κ3) is 4.06. The molecule has 5 heteroatoms. The van der Waals surface area contributed by atoms with E-state index in [0.29, 0.717) is 17.3 Å². The Morgan fingerprint density at radius 1 is 1.44 bits per heavy atom. The summed E-state index contributed by atoms with van der Waals surface area (Å²) in [5.74, 6) is 0.590. The van der Waals surface area contributed by atoms with Gasteiger partial charge in [-0.15, -0.1) is 0 Å². The lowest BCUT2D eigenvalue weighted by Crippen LogP contribution is -2.39.